The van der Waals surface area contributed by atoms with E-state index in [1.54, 1.807) is 6.92 Å². The lowest BCUT2D eigenvalue weighted by Crippen LogP contribution is -2.10. The summed E-state index contributed by atoms with van der Waals surface area (Å²) in [4.78, 5) is 12.0. The Kier molecular flexibility index (Phi) is 6.08. The van der Waals surface area contributed by atoms with Crippen LogP contribution in [-0.4, -0.2) is 29.5 Å². The summed E-state index contributed by atoms with van der Waals surface area (Å²) in [6.45, 7) is 1.20. The van der Waals surface area contributed by atoms with Crippen LogP contribution < -0.4 is 0 Å². The van der Waals surface area contributed by atoms with Crippen LogP contribution >= 0.6 is 11.6 Å². The van der Waals surface area contributed by atoms with E-state index in [1.165, 1.54) is 19.4 Å². The minimum absolute atomic E-state index is 0.0839. The molecule has 1 aromatic heterocycles. The van der Waals surface area contributed by atoms with E-state index in [2.05, 4.69) is 5.10 Å². The van der Waals surface area contributed by atoms with E-state index >= 15 is 0 Å². The van der Waals surface area contributed by atoms with E-state index in [0.29, 0.717) is 6.07 Å². The Morgan fingerprint density at radius 1 is 1.32 bits per heavy atom. The summed E-state index contributed by atoms with van der Waals surface area (Å²) >= 11 is 6.15. The van der Waals surface area contributed by atoms with E-state index in [9.17, 15) is 18.0 Å². The van der Waals surface area contributed by atoms with Crippen LogP contribution in [0.2, 0.25) is 5.15 Å². The molecule has 0 radical (unpaired) electrons. The minimum Gasteiger partial charge on any atom is -0.504 e. The maximum absolute atomic E-state index is 13.8. The minimum atomic E-state index is -1.35. The molecular formula is C16H14ClF3N2O3. The molecule has 5 nitrogen and oxygen atoms in total. The molecule has 0 bridgehead atoms. The van der Waals surface area contributed by atoms with Crippen molar-refractivity contribution in [2.24, 2.45) is 0 Å². The molecule has 0 aliphatic heterocycles. The number of aromatic nitrogens is 2. The molecule has 2 aromatic rings. The van der Waals surface area contributed by atoms with Crippen molar-refractivity contribution in [3.05, 3.63) is 57.8 Å². The first kappa shape index (κ1) is 18.9. The van der Waals surface area contributed by atoms with Gasteiger partial charge in [0.05, 0.1) is 26.5 Å². The van der Waals surface area contributed by atoms with Gasteiger partial charge in [-0.3, -0.25) is 0 Å². The quantitative estimate of drug-likeness (QED) is 0.438. The fraction of sp³-hybridized carbons (Fsp3) is 0.250. The van der Waals surface area contributed by atoms with E-state index in [-0.39, 0.29) is 23.0 Å². The average molecular weight is 375 g/mol. The maximum atomic E-state index is 13.8. The molecule has 0 aliphatic carbocycles. The number of ether oxygens (including phenoxy) is 2. The van der Waals surface area contributed by atoms with Gasteiger partial charge in [0.15, 0.2) is 17.3 Å². The molecule has 0 amide bonds. The number of methoxy groups -OCH3 is 1. The topological polar surface area (TPSA) is 53.3 Å². The highest BCUT2D eigenvalue weighted by Gasteiger charge is 2.23. The second-order valence-corrected chi connectivity index (χ2v) is 5.15. The lowest BCUT2D eigenvalue weighted by molar-refractivity contribution is 0.0518. The molecular weight excluding hydrogens is 361 g/mol. The zero-order chi connectivity index (χ0) is 18.6. The van der Waals surface area contributed by atoms with Gasteiger partial charge in [0, 0.05) is 11.1 Å². The van der Waals surface area contributed by atoms with Crippen molar-refractivity contribution in [1.82, 2.24) is 9.78 Å². The van der Waals surface area contributed by atoms with Crippen LogP contribution in [0.1, 0.15) is 28.5 Å². The van der Waals surface area contributed by atoms with Crippen LogP contribution in [0.25, 0.3) is 6.08 Å². The van der Waals surface area contributed by atoms with Crippen LogP contribution in [-0.2, 0) is 16.0 Å². The van der Waals surface area contributed by atoms with Crippen LogP contribution in [0.3, 0.4) is 0 Å². The molecule has 25 heavy (non-hydrogen) atoms. The van der Waals surface area contributed by atoms with Gasteiger partial charge < -0.3 is 9.47 Å². The number of hydrogen-bond acceptors (Lipinski definition) is 4. The Balaban J connectivity index is 2.51. The number of esters is 1. The molecule has 0 aliphatic rings. The smallest absolute Gasteiger partial charge is 0.359 e. The van der Waals surface area contributed by atoms with Crippen molar-refractivity contribution in [2.45, 2.75) is 13.5 Å². The predicted octanol–water partition coefficient (Wildman–Crippen LogP) is 3.80. The van der Waals surface area contributed by atoms with E-state index in [4.69, 9.17) is 21.1 Å². The van der Waals surface area contributed by atoms with E-state index < -0.39 is 35.5 Å². The molecule has 0 atom stereocenters. The first-order valence-corrected chi connectivity index (χ1v) is 7.53. The van der Waals surface area contributed by atoms with E-state index in [0.717, 1.165) is 10.7 Å². The Morgan fingerprint density at radius 2 is 2.00 bits per heavy atom. The lowest BCUT2D eigenvalue weighted by Gasteiger charge is -2.07. The molecule has 1 aromatic carbocycles. The number of hydrogen-bond donors (Lipinski definition) is 0. The van der Waals surface area contributed by atoms with Crippen molar-refractivity contribution in [1.29, 1.82) is 0 Å². The number of carbonyl (C=O) groups excluding carboxylic acids is 1. The number of carbonyl (C=O) groups is 1. The Morgan fingerprint density at radius 3 is 2.64 bits per heavy atom. The number of halogens is 4. The molecule has 1 heterocycles. The standard InChI is InChI=1S/C16H14ClF3N2O3/c1-3-25-16(23)14-9(6-7-24-2)15(17)22(21-14)8-10-11(18)4-5-12(19)13(10)20/h4-7H,3,8H2,1-2H3. The SMILES string of the molecule is CCOC(=O)c1nn(Cc2c(F)ccc(F)c2F)c(Cl)c1C=COC. The number of benzene rings is 1. The molecule has 0 spiro atoms. The van der Waals surface area contributed by atoms with Gasteiger partial charge >= 0.3 is 5.97 Å². The molecule has 9 heteroatoms. The zero-order valence-electron chi connectivity index (χ0n) is 13.4. The average Bonchev–Trinajstić information content (AvgIpc) is 2.89. The predicted molar refractivity (Wildman–Crippen MR) is 84.7 cm³/mol. The fourth-order valence-corrected chi connectivity index (χ4v) is 2.31. The summed E-state index contributed by atoms with van der Waals surface area (Å²) in [5, 5.41) is 3.85. The van der Waals surface area contributed by atoms with Crippen molar-refractivity contribution in [2.75, 3.05) is 13.7 Å². The van der Waals surface area contributed by atoms with E-state index in [1.807, 2.05) is 0 Å². The summed E-state index contributed by atoms with van der Waals surface area (Å²) in [6.07, 6.45) is 2.61. The highest BCUT2D eigenvalue weighted by atomic mass is 35.5. The van der Waals surface area contributed by atoms with Crippen LogP contribution in [0, 0.1) is 17.5 Å². The Bertz CT molecular complexity index is 821. The first-order chi connectivity index (χ1) is 11.9. The zero-order valence-corrected chi connectivity index (χ0v) is 14.1. The van der Waals surface area contributed by atoms with Crippen molar-refractivity contribution in [3.63, 3.8) is 0 Å². The highest BCUT2D eigenvalue weighted by molar-refractivity contribution is 6.31. The van der Waals surface area contributed by atoms with Crippen LogP contribution in [0.4, 0.5) is 13.2 Å². The Hall–Kier alpha value is -2.48. The van der Waals surface area contributed by atoms with Gasteiger partial charge in [-0.1, -0.05) is 11.6 Å². The number of nitrogens with zero attached hydrogens (tertiary/aromatic N) is 2. The molecule has 0 saturated carbocycles. The van der Waals surface area contributed by atoms with Crippen LogP contribution in [0.5, 0.6) is 0 Å². The summed E-state index contributed by atoms with van der Waals surface area (Å²) in [6, 6.07) is 1.47. The molecule has 0 N–H and O–H groups in total. The summed E-state index contributed by atoms with van der Waals surface area (Å²) in [5.41, 5.74) is -0.571. The lowest BCUT2D eigenvalue weighted by atomic mass is 10.2. The largest absolute Gasteiger partial charge is 0.504 e. The fourth-order valence-electron chi connectivity index (χ4n) is 2.06. The molecule has 2 rings (SSSR count). The summed E-state index contributed by atoms with van der Waals surface area (Å²) in [5.74, 6) is -4.28. The van der Waals surface area contributed by atoms with Gasteiger partial charge in [-0.2, -0.15) is 5.10 Å². The van der Waals surface area contributed by atoms with Gasteiger partial charge in [-0.05, 0) is 25.1 Å². The van der Waals surface area contributed by atoms with Gasteiger partial charge in [0.2, 0.25) is 0 Å². The third kappa shape index (κ3) is 3.96. The van der Waals surface area contributed by atoms with Gasteiger partial charge in [0.25, 0.3) is 0 Å². The number of rotatable bonds is 6. The van der Waals surface area contributed by atoms with Gasteiger partial charge in [-0.25, -0.2) is 22.6 Å². The molecule has 0 unspecified atom stereocenters. The van der Waals surface area contributed by atoms with Crippen molar-refractivity contribution >= 4 is 23.6 Å². The second kappa shape index (κ2) is 8.06. The second-order valence-electron chi connectivity index (χ2n) is 4.79. The van der Waals surface area contributed by atoms with Crippen molar-refractivity contribution in [3.8, 4) is 0 Å². The molecule has 134 valence electrons. The van der Waals surface area contributed by atoms with Crippen molar-refractivity contribution < 1.29 is 27.4 Å². The first-order valence-electron chi connectivity index (χ1n) is 7.15. The molecule has 0 fully saturated rings. The van der Waals surface area contributed by atoms with Gasteiger partial charge in [0.1, 0.15) is 11.0 Å². The summed E-state index contributed by atoms with van der Waals surface area (Å²) < 4.78 is 51.6. The maximum Gasteiger partial charge on any atom is 0.359 e. The van der Waals surface area contributed by atoms with Crippen LogP contribution in [0.15, 0.2) is 18.4 Å². The third-order valence-corrected chi connectivity index (χ3v) is 3.61. The normalized spacial score (nSPS) is 11.1. The van der Waals surface area contributed by atoms with Gasteiger partial charge in [-0.15, -0.1) is 0 Å². The molecule has 0 saturated heterocycles. The Labute approximate surface area is 146 Å². The third-order valence-electron chi connectivity index (χ3n) is 3.21. The highest BCUT2D eigenvalue weighted by Crippen LogP contribution is 2.25. The monoisotopic (exact) mass is 374 g/mol. The summed E-state index contributed by atoms with van der Waals surface area (Å²) in [7, 11) is 1.39.